The van der Waals surface area contributed by atoms with Gasteiger partial charge in [0.25, 0.3) is 8.38 Å². The van der Waals surface area contributed by atoms with Crippen molar-refractivity contribution in [1.82, 2.24) is 0 Å². The lowest BCUT2D eigenvalue weighted by Crippen LogP contribution is -2.21. The molecule has 0 aliphatic carbocycles. The second kappa shape index (κ2) is 21.9. The first kappa shape index (κ1) is 41.3. The Kier molecular flexibility index (Phi) is 19.3. The van der Waals surface area contributed by atoms with E-state index in [-0.39, 0.29) is 16.8 Å². The van der Waals surface area contributed by atoms with Gasteiger partial charge in [-0.05, 0) is 47.8 Å². The second-order valence-electron chi connectivity index (χ2n) is 15.7. The lowest BCUT2D eigenvalue weighted by molar-refractivity contribution is -0.143. The van der Waals surface area contributed by atoms with Gasteiger partial charge in [-0.2, -0.15) is 0 Å². The van der Waals surface area contributed by atoms with Gasteiger partial charge in [-0.1, -0.05) is 175 Å². The zero-order valence-electron chi connectivity index (χ0n) is 31.5. The summed E-state index contributed by atoms with van der Waals surface area (Å²) in [5.74, 6) is 0.635. The summed E-state index contributed by atoms with van der Waals surface area (Å²) in [6, 6.07) is 12.2. The fraction of sp³-hybridized carbons (Fsp3) is 0.690. The summed E-state index contributed by atoms with van der Waals surface area (Å²) < 4.78 is 12.1. The third kappa shape index (κ3) is 16.4. The molecule has 0 spiro atoms. The van der Waals surface area contributed by atoms with Crippen LogP contribution in [-0.2, 0) is 26.8 Å². The summed E-state index contributed by atoms with van der Waals surface area (Å²) >= 11 is 0. The number of aryl methyl sites for hydroxylation is 2. The Morgan fingerprint density at radius 3 is 1.60 bits per heavy atom. The number of carbonyl (C=O) groups is 1. The Hall–Kier alpha value is -1.90. The second-order valence-corrected chi connectivity index (χ2v) is 16.9. The van der Waals surface area contributed by atoms with E-state index in [2.05, 4.69) is 60.6 Å². The molecule has 47 heavy (non-hydrogen) atoms. The highest BCUT2D eigenvalue weighted by Gasteiger charge is 2.30. The molecule has 0 radical (unpaired) electrons. The van der Waals surface area contributed by atoms with Crippen LogP contribution in [0.3, 0.4) is 0 Å². The predicted molar refractivity (Wildman–Crippen MR) is 203 cm³/mol. The van der Waals surface area contributed by atoms with Crippen LogP contribution in [0.25, 0.3) is 0 Å². The Bertz CT molecular complexity index is 1120. The topological polar surface area (TPSA) is 55.8 Å². The normalized spacial score (nSPS) is 12.7. The van der Waals surface area contributed by atoms with Crippen LogP contribution in [0.1, 0.15) is 180 Å². The van der Waals surface area contributed by atoms with E-state index < -0.39 is 8.38 Å². The van der Waals surface area contributed by atoms with E-state index in [1.165, 1.54) is 89.9 Å². The first-order valence-corrected chi connectivity index (χ1v) is 20.1. The fourth-order valence-corrected chi connectivity index (χ4v) is 7.17. The van der Waals surface area contributed by atoms with Crippen LogP contribution in [0.5, 0.6) is 5.75 Å². The van der Waals surface area contributed by atoms with Gasteiger partial charge in [-0.25, -0.2) is 0 Å². The number of hydrogen-bond acceptors (Lipinski definition) is 4. The lowest BCUT2D eigenvalue weighted by atomic mass is 9.78. The molecule has 1 N–H and O–H groups in total. The maximum absolute atomic E-state index is 12.7. The van der Waals surface area contributed by atoms with Gasteiger partial charge >= 0.3 is 5.97 Å². The molecule has 2 aromatic carbocycles. The van der Waals surface area contributed by atoms with Gasteiger partial charge in [0.15, 0.2) is 0 Å². The Morgan fingerprint density at radius 2 is 1.15 bits per heavy atom. The van der Waals surface area contributed by atoms with E-state index in [4.69, 9.17) is 9.26 Å². The molecule has 0 saturated heterocycles. The van der Waals surface area contributed by atoms with Crippen molar-refractivity contribution in [2.75, 3.05) is 6.61 Å². The molecular weight excluding hydrogens is 599 g/mol. The van der Waals surface area contributed by atoms with Crippen LogP contribution >= 0.6 is 8.38 Å². The number of esters is 1. The summed E-state index contributed by atoms with van der Waals surface area (Å²) in [5.41, 5.74) is 3.81. The van der Waals surface area contributed by atoms with Crippen molar-refractivity contribution in [3.8, 4) is 5.75 Å². The molecule has 2 rings (SSSR count). The van der Waals surface area contributed by atoms with Gasteiger partial charge in [0, 0.05) is 22.9 Å². The average Bonchev–Trinajstić information content (AvgIpc) is 3.01. The minimum Gasteiger partial charge on any atom is -0.466 e. The average molecular weight is 669 g/mol. The highest BCUT2D eigenvalue weighted by molar-refractivity contribution is 7.55. The molecule has 266 valence electrons. The van der Waals surface area contributed by atoms with E-state index in [0.29, 0.717) is 19.4 Å². The van der Waals surface area contributed by atoms with Crippen molar-refractivity contribution in [3.05, 3.63) is 58.7 Å². The zero-order chi connectivity index (χ0) is 34.7. The SMILES string of the molecule is CCCCCCCCCCCCCCCCCCOC(=O)CCc1cc(C(C)(C)C)c(OP(O)c2ccccc2C)c(C(C)(C)C)c1. The van der Waals surface area contributed by atoms with Crippen molar-refractivity contribution in [1.29, 1.82) is 0 Å². The van der Waals surface area contributed by atoms with Gasteiger partial charge in [-0.3, -0.25) is 4.79 Å². The van der Waals surface area contributed by atoms with Crippen molar-refractivity contribution < 1.29 is 18.9 Å². The molecule has 4 nitrogen and oxygen atoms in total. The Balaban J connectivity index is 1.75. The van der Waals surface area contributed by atoms with Crippen LogP contribution < -0.4 is 9.83 Å². The summed E-state index contributed by atoms with van der Waals surface area (Å²) in [6.07, 6.45) is 22.3. The largest absolute Gasteiger partial charge is 0.466 e. The lowest BCUT2D eigenvalue weighted by Gasteiger charge is -2.31. The minimum atomic E-state index is -1.82. The van der Waals surface area contributed by atoms with E-state index in [9.17, 15) is 9.69 Å². The van der Waals surface area contributed by atoms with Crippen LogP contribution in [-0.4, -0.2) is 17.5 Å². The van der Waals surface area contributed by atoms with Crippen molar-refractivity contribution in [2.45, 2.75) is 182 Å². The number of rotatable bonds is 23. The quantitative estimate of drug-likeness (QED) is 0.0727. The molecule has 0 aliphatic rings. The van der Waals surface area contributed by atoms with Gasteiger partial charge in [-0.15, -0.1) is 0 Å². The van der Waals surface area contributed by atoms with Gasteiger partial charge in [0.1, 0.15) is 5.75 Å². The monoisotopic (exact) mass is 668 g/mol. The number of benzene rings is 2. The Morgan fingerprint density at radius 1 is 0.702 bits per heavy atom. The number of ether oxygens (including phenoxy) is 1. The van der Waals surface area contributed by atoms with E-state index in [1.807, 2.05) is 31.2 Å². The molecule has 0 aromatic heterocycles. The maximum atomic E-state index is 12.7. The van der Waals surface area contributed by atoms with Gasteiger partial charge in [0.2, 0.25) is 0 Å². The summed E-state index contributed by atoms with van der Waals surface area (Å²) in [5, 5.41) is 0.832. The molecule has 2 aromatic rings. The van der Waals surface area contributed by atoms with E-state index >= 15 is 0 Å². The highest BCUT2D eigenvalue weighted by atomic mass is 31.2. The van der Waals surface area contributed by atoms with E-state index in [0.717, 1.165) is 46.1 Å². The van der Waals surface area contributed by atoms with E-state index in [1.54, 1.807) is 0 Å². The molecule has 0 heterocycles. The van der Waals surface area contributed by atoms with Crippen LogP contribution in [0.2, 0.25) is 0 Å². The molecule has 1 unspecified atom stereocenters. The number of hydrogen-bond donors (Lipinski definition) is 1. The summed E-state index contributed by atoms with van der Waals surface area (Å²) in [7, 11) is -1.82. The van der Waals surface area contributed by atoms with Crippen LogP contribution in [0.15, 0.2) is 36.4 Å². The van der Waals surface area contributed by atoms with Crippen LogP contribution in [0, 0.1) is 6.92 Å². The molecule has 1 atom stereocenters. The highest BCUT2D eigenvalue weighted by Crippen LogP contribution is 2.46. The summed E-state index contributed by atoms with van der Waals surface area (Å²) in [4.78, 5) is 23.9. The Labute approximate surface area is 290 Å². The third-order valence-corrected chi connectivity index (χ3v) is 10.4. The fourth-order valence-electron chi connectivity index (χ4n) is 6.11. The van der Waals surface area contributed by atoms with Crippen molar-refractivity contribution in [2.24, 2.45) is 0 Å². The third-order valence-electron chi connectivity index (χ3n) is 9.14. The molecule has 0 saturated carbocycles. The minimum absolute atomic E-state index is 0.126. The standard InChI is InChI=1S/C42H69O4P/c1-9-10-11-12-13-14-15-16-17-18-19-20-21-22-23-26-31-45-39(43)30-29-35-32-36(41(3,4)5)40(37(33-35)42(6,7)8)46-47(44)38-28-25-24-27-34(38)2/h24-25,27-28,32-33,44H,9-23,26,29-31H2,1-8H3. The smallest absolute Gasteiger partial charge is 0.306 e. The van der Waals surface area contributed by atoms with Crippen LogP contribution in [0.4, 0.5) is 0 Å². The molecular formula is C42H69O4P. The molecule has 0 fully saturated rings. The van der Waals surface area contributed by atoms with Gasteiger partial charge < -0.3 is 14.2 Å². The van der Waals surface area contributed by atoms with Gasteiger partial charge in [0.05, 0.1) is 6.61 Å². The zero-order valence-corrected chi connectivity index (χ0v) is 32.4. The first-order valence-electron chi connectivity index (χ1n) is 18.9. The predicted octanol–water partition coefficient (Wildman–Crippen LogP) is 12.3. The molecule has 5 heteroatoms. The number of carbonyl (C=O) groups excluding carboxylic acids is 1. The van der Waals surface area contributed by atoms with Crippen molar-refractivity contribution >= 4 is 19.6 Å². The maximum Gasteiger partial charge on any atom is 0.306 e. The molecule has 0 amide bonds. The van der Waals surface area contributed by atoms with Crippen molar-refractivity contribution in [3.63, 3.8) is 0 Å². The number of unbranched alkanes of at least 4 members (excludes halogenated alkanes) is 15. The molecule has 0 aliphatic heterocycles. The first-order chi connectivity index (χ1) is 22.3. The summed E-state index contributed by atoms with van der Waals surface area (Å²) in [6.45, 7) is 17.8. The molecule has 0 bridgehead atoms.